The summed E-state index contributed by atoms with van der Waals surface area (Å²) in [5.74, 6) is 0.856. The standard InChI is InChI=1S/C13H18N2O2/c1-8-6-15(7-9(8)2)13(17)11-5-14-10(3)4-12(11)16/h4-5,8-9H,6-7H2,1-3H3,(H,14,16). The van der Waals surface area contributed by atoms with Crippen molar-refractivity contribution in [3.8, 4) is 0 Å². The van der Waals surface area contributed by atoms with E-state index in [4.69, 9.17) is 0 Å². The molecule has 0 spiro atoms. The molecule has 1 N–H and O–H groups in total. The highest BCUT2D eigenvalue weighted by Crippen LogP contribution is 2.22. The normalized spacial score (nSPS) is 24.1. The molecular weight excluding hydrogens is 216 g/mol. The molecule has 4 heteroatoms. The highest BCUT2D eigenvalue weighted by Gasteiger charge is 2.30. The van der Waals surface area contributed by atoms with Gasteiger partial charge in [-0.2, -0.15) is 0 Å². The molecule has 0 bridgehead atoms. The molecule has 2 unspecified atom stereocenters. The van der Waals surface area contributed by atoms with Crippen LogP contribution in [0.4, 0.5) is 0 Å². The number of amides is 1. The molecule has 2 rings (SSSR count). The first-order chi connectivity index (χ1) is 7.99. The first-order valence-corrected chi connectivity index (χ1v) is 5.97. The zero-order valence-electron chi connectivity index (χ0n) is 10.5. The molecule has 0 radical (unpaired) electrons. The fraction of sp³-hybridized carbons (Fsp3) is 0.538. The molecule has 17 heavy (non-hydrogen) atoms. The first-order valence-electron chi connectivity index (χ1n) is 5.97. The van der Waals surface area contributed by atoms with Crippen molar-refractivity contribution >= 4 is 5.91 Å². The average molecular weight is 234 g/mol. The van der Waals surface area contributed by atoms with E-state index < -0.39 is 0 Å². The van der Waals surface area contributed by atoms with E-state index in [2.05, 4.69) is 18.8 Å². The van der Waals surface area contributed by atoms with E-state index in [-0.39, 0.29) is 16.9 Å². The maximum Gasteiger partial charge on any atom is 0.259 e. The third-order valence-corrected chi connectivity index (χ3v) is 3.56. The fourth-order valence-corrected chi connectivity index (χ4v) is 2.21. The lowest BCUT2D eigenvalue weighted by molar-refractivity contribution is 0.0783. The van der Waals surface area contributed by atoms with Crippen molar-refractivity contribution in [3.05, 3.63) is 33.7 Å². The number of aromatic amines is 1. The number of aryl methyl sites for hydroxylation is 1. The molecule has 92 valence electrons. The summed E-state index contributed by atoms with van der Waals surface area (Å²) in [6.45, 7) is 7.56. The van der Waals surface area contributed by atoms with Gasteiger partial charge >= 0.3 is 0 Å². The van der Waals surface area contributed by atoms with Crippen LogP contribution in [0.15, 0.2) is 17.1 Å². The van der Waals surface area contributed by atoms with Crippen molar-refractivity contribution in [1.29, 1.82) is 0 Å². The van der Waals surface area contributed by atoms with E-state index in [1.807, 2.05) is 0 Å². The summed E-state index contributed by atoms with van der Waals surface area (Å²) in [6, 6.07) is 1.47. The second kappa shape index (κ2) is 4.35. The number of rotatable bonds is 1. The third-order valence-electron chi connectivity index (χ3n) is 3.56. The maximum absolute atomic E-state index is 12.2. The summed E-state index contributed by atoms with van der Waals surface area (Å²) in [6.07, 6.45) is 1.52. The van der Waals surface area contributed by atoms with Crippen LogP contribution in [0, 0.1) is 18.8 Å². The Bertz CT molecular complexity index is 482. The Balaban J connectivity index is 2.24. The minimum Gasteiger partial charge on any atom is -0.364 e. The van der Waals surface area contributed by atoms with E-state index >= 15 is 0 Å². The minimum atomic E-state index is -0.196. The van der Waals surface area contributed by atoms with E-state index in [0.717, 1.165) is 18.8 Å². The van der Waals surface area contributed by atoms with Crippen LogP contribution in [0.2, 0.25) is 0 Å². The van der Waals surface area contributed by atoms with Gasteiger partial charge < -0.3 is 9.88 Å². The van der Waals surface area contributed by atoms with Crippen molar-refractivity contribution in [2.45, 2.75) is 20.8 Å². The lowest BCUT2D eigenvalue weighted by Crippen LogP contribution is -2.32. The number of H-pyrrole nitrogens is 1. The van der Waals surface area contributed by atoms with Gasteiger partial charge in [-0.25, -0.2) is 0 Å². The molecule has 0 aliphatic carbocycles. The SMILES string of the molecule is Cc1cc(=O)c(C(=O)N2CC(C)C(C)C2)c[nH]1. The number of hydrogen-bond acceptors (Lipinski definition) is 2. The van der Waals surface area contributed by atoms with Gasteiger partial charge in [-0.1, -0.05) is 13.8 Å². The number of hydrogen-bond donors (Lipinski definition) is 1. The molecule has 1 amide bonds. The average Bonchev–Trinajstić information content (AvgIpc) is 2.58. The molecule has 1 fully saturated rings. The predicted octanol–water partition coefficient (Wildman–Crippen LogP) is 1.41. The number of nitrogens with one attached hydrogen (secondary N) is 1. The lowest BCUT2D eigenvalue weighted by atomic mass is 10.0. The first kappa shape index (κ1) is 11.9. The van der Waals surface area contributed by atoms with Gasteiger partial charge in [0.15, 0.2) is 5.43 Å². The molecular formula is C13H18N2O2. The molecule has 0 saturated carbocycles. The van der Waals surface area contributed by atoms with Crippen molar-refractivity contribution in [1.82, 2.24) is 9.88 Å². The molecule has 1 saturated heterocycles. The zero-order valence-corrected chi connectivity index (χ0v) is 10.5. The third kappa shape index (κ3) is 2.25. The number of carbonyl (C=O) groups excluding carboxylic acids is 1. The molecule has 1 aliphatic heterocycles. The molecule has 1 aliphatic rings. The number of aromatic nitrogens is 1. The molecule has 1 aromatic heterocycles. The van der Waals surface area contributed by atoms with Crippen LogP contribution in [0.1, 0.15) is 29.9 Å². The minimum absolute atomic E-state index is 0.151. The van der Waals surface area contributed by atoms with Gasteiger partial charge in [0, 0.05) is 31.0 Å². The van der Waals surface area contributed by atoms with Crippen LogP contribution in [0.3, 0.4) is 0 Å². The number of nitrogens with zero attached hydrogens (tertiary/aromatic N) is 1. The number of carbonyl (C=O) groups is 1. The topological polar surface area (TPSA) is 53.2 Å². The van der Waals surface area contributed by atoms with E-state index in [0.29, 0.717) is 11.8 Å². The van der Waals surface area contributed by atoms with Crippen molar-refractivity contribution in [3.63, 3.8) is 0 Å². The van der Waals surface area contributed by atoms with Gasteiger partial charge in [-0.05, 0) is 18.8 Å². The molecule has 0 aromatic carbocycles. The predicted molar refractivity (Wildman–Crippen MR) is 66.0 cm³/mol. The summed E-state index contributed by atoms with van der Waals surface area (Å²) in [5.41, 5.74) is 0.824. The zero-order chi connectivity index (χ0) is 12.6. The summed E-state index contributed by atoms with van der Waals surface area (Å²) in [5, 5.41) is 0. The second-order valence-electron chi connectivity index (χ2n) is 5.06. The van der Waals surface area contributed by atoms with E-state index in [1.165, 1.54) is 12.3 Å². The monoisotopic (exact) mass is 234 g/mol. The Morgan fingerprint density at radius 1 is 1.35 bits per heavy atom. The van der Waals surface area contributed by atoms with Crippen LogP contribution >= 0.6 is 0 Å². The lowest BCUT2D eigenvalue weighted by Gasteiger charge is -2.15. The summed E-state index contributed by atoms with van der Waals surface area (Å²) in [4.78, 5) is 28.6. The van der Waals surface area contributed by atoms with Crippen LogP contribution < -0.4 is 5.43 Å². The van der Waals surface area contributed by atoms with Crippen molar-refractivity contribution < 1.29 is 4.79 Å². The maximum atomic E-state index is 12.2. The van der Waals surface area contributed by atoms with Crippen molar-refractivity contribution in [2.24, 2.45) is 11.8 Å². The van der Waals surface area contributed by atoms with Crippen molar-refractivity contribution in [2.75, 3.05) is 13.1 Å². The largest absolute Gasteiger partial charge is 0.364 e. The summed E-state index contributed by atoms with van der Waals surface area (Å²) >= 11 is 0. The van der Waals surface area contributed by atoms with E-state index in [1.54, 1.807) is 11.8 Å². The highest BCUT2D eigenvalue weighted by atomic mass is 16.2. The van der Waals surface area contributed by atoms with Crippen LogP contribution in [-0.2, 0) is 0 Å². The van der Waals surface area contributed by atoms with Crippen LogP contribution in [0.5, 0.6) is 0 Å². The number of pyridine rings is 1. The Labute approximate surface area is 101 Å². The van der Waals surface area contributed by atoms with Gasteiger partial charge in [0.05, 0.1) is 0 Å². The Morgan fingerprint density at radius 2 is 1.94 bits per heavy atom. The summed E-state index contributed by atoms with van der Waals surface area (Å²) in [7, 11) is 0. The Kier molecular flexibility index (Phi) is 3.05. The van der Waals surface area contributed by atoms with E-state index in [9.17, 15) is 9.59 Å². The summed E-state index contributed by atoms with van der Waals surface area (Å²) < 4.78 is 0. The quantitative estimate of drug-likeness (QED) is 0.798. The smallest absolute Gasteiger partial charge is 0.259 e. The second-order valence-corrected chi connectivity index (χ2v) is 5.06. The molecule has 1 aromatic rings. The van der Waals surface area contributed by atoms with Gasteiger partial charge in [-0.3, -0.25) is 9.59 Å². The number of likely N-dealkylation sites (tertiary alicyclic amines) is 1. The van der Waals surface area contributed by atoms with Crippen LogP contribution in [0.25, 0.3) is 0 Å². The van der Waals surface area contributed by atoms with Gasteiger partial charge in [-0.15, -0.1) is 0 Å². The Hall–Kier alpha value is -1.58. The highest BCUT2D eigenvalue weighted by molar-refractivity contribution is 5.94. The van der Waals surface area contributed by atoms with Crippen LogP contribution in [-0.4, -0.2) is 28.9 Å². The molecule has 4 nitrogen and oxygen atoms in total. The molecule has 2 heterocycles. The Morgan fingerprint density at radius 3 is 2.47 bits per heavy atom. The fourth-order valence-electron chi connectivity index (χ4n) is 2.21. The van der Waals surface area contributed by atoms with Gasteiger partial charge in [0.2, 0.25) is 0 Å². The van der Waals surface area contributed by atoms with Gasteiger partial charge in [0.25, 0.3) is 5.91 Å². The molecule has 2 atom stereocenters. The van der Waals surface area contributed by atoms with Gasteiger partial charge in [0.1, 0.15) is 5.56 Å².